The Bertz CT molecular complexity index is 878. The quantitative estimate of drug-likeness (QED) is 0.803. The van der Waals surface area contributed by atoms with E-state index in [2.05, 4.69) is 4.72 Å². The number of hydrogen-bond donors (Lipinski definition) is 1. The Balaban J connectivity index is 1.75. The van der Waals surface area contributed by atoms with Crippen molar-refractivity contribution >= 4 is 10.0 Å². The van der Waals surface area contributed by atoms with Crippen molar-refractivity contribution in [2.75, 3.05) is 27.9 Å². The molecule has 2 aromatic carbocycles. The first-order valence-electron chi connectivity index (χ1n) is 8.37. The van der Waals surface area contributed by atoms with Crippen LogP contribution in [0.3, 0.4) is 0 Å². The topological polar surface area (TPSA) is 73.9 Å². The van der Waals surface area contributed by atoms with Crippen LogP contribution in [-0.2, 0) is 16.4 Å². The summed E-state index contributed by atoms with van der Waals surface area (Å²) in [6.07, 6.45) is 1.78. The number of methoxy groups -OCH3 is 3. The van der Waals surface area contributed by atoms with Crippen molar-refractivity contribution in [2.24, 2.45) is 0 Å². The Hall–Kier alpha value is -2.25. The minimum atomic E-state index is -3.57. The number of nitrogens with one attached hydrogen (secondary N) is 1. The summed E-state index contributed by atoms with van der Waals surface area (Å²) in [5.74, 6) is 2.09. The highest BCUT2D eigenvalue weighted by molar-refractivity contribution is 7.89. The van der Waals surface area contributed by atoms with Crippen LogP contribution in [0.4, 0.5) is 0 Å². The molecule has 3 rings (SSSR count). The SMILES string of the molecule is COc1ccc(S(=O)(=O)NCC2CCc3cc(OC)c(OC)cc32)cc1. The lowest BCUT2D eigenvalue weighted by molar-refractivity contribution is 0.354. The zero-order valence-electron chi connectivity index (χ0n) is 15.1. The van der Waals surface area contributed by atoms with Gasteiger partial charge in [-0.3, -0.25) is 0 Å². The van der Waals surface area contributed by atoms with E-state index in [4.69, 9.17) is 14.2 Å². The van der Waals surface area contributed by atoms with Crippen molar-refractivity contribution in [3.05, 3.63) is 47.5 Å². The molecule has 6 nitrogen and oxygen atoms in total. The summed E-state index contributed by atoms with van der Waals surface area (Å²) >= 11 is 0. The molecule has 7 heteroatoms. The second-order valence-electron chi connectivity index (χ2n) is 6.17. The monoisotopic (exact) mass is 377 g/mol. The van der Waals surface area contributed by atoms with Crippen LogP contribution in [0.5, 0.6) is 17.2 Å². The second kappa shape index (κ2) is 7.55. The Morgan fingerprint density at radius 1 is 1.00 bits per heavy atom. The van der Waals surface area contributed by atoms with E-state index in [0.29, 0.717) is 23.8 Å². The standard InChI is InChI=1S/C19H23NO5S/c1-23-15-6-8-16(9-7-15)26(21,22)20-12-14-5-4-13-10-18(24-2)19(25-3)11-17(13)14/h6-11,14,20H,4-5,12H2,1-3H3. The molecule has 0 amide bonds. The molecule has 1 aliphatic rings. The average Bonchev–Trinajstić information content (AvgIpc) is 3.07. The summed E-state index contributed by atoms with van der Waals surface area (Å²) in [4.78, 5) is 0.226. The number of fused-ring (bicyclic) bond motifs is 1. The van der Waals surface area contributed by atoms with E-state index < -0.39 is 10.0 Å². The molecule has 0 aromatic heterocycles. The van der Waals surface area contributed by atoms with Crippen molar-refractivity contribution in [1.82, 2.24) is 4.72 Å². The molecule has 0 spiro atoms. The van der Waals surface area contributed by atoms with Crippen LogP contribution in [0, 0.1) is 0 Å². The van der Waals surface area contributed by atoms with E-state index in [0.717, 1.165) is 18.4 Å². The third-order valence-corrected chi connectivity index (χ3v) is 6.18. The van der Waals surface area contributed by atoms with Gasteiger partial charge in [0, 0.05) is 6.54 Å². The van der Waals surface area contributed by atoms with Gasteiger partial charge in [-0.1, -0.05) is 0 Å². The predicted octanol–water partition coefficient (Wildman–Crippen LogP) is 2.72. The van der Waals surface area contributed by atoms with E-state index in [1.807, 2.05) is 12.1 Å². The van der Waals surface area contributed by atoms with Gasteiger partial charge in [-0.25, -0.2) is 13.1 Å². The molecule has 140 valence electrons. The highest BCUT2D eigenvalue weighted by Crippen LogP contribution is 2.40. The van der Waals surface area contributed by atoms with Crippen molar-refractivity contribution in [3.8, 4) is 17.2 Å². The molecule has 1 aliphatic carbocycles. The third kappa shape index (κ3) is 3.64. The Morgan fingerprint density at radius 3 is 2.27 bits per heavy atom. The van der Waals surface area contributed by atoms with Crippen molar-refractivity contribution in [1.29, 1.82) is 0 Å². The lowest BCUT2D eigenvalue weighted by atomic mass is 10.0. The van der Waals surface area contributed by atoms with Gasteiger partial charge < -0.3 is 14.2 Å². The van der Waals surface area contributed by atoms with Gasteiger partial charge in [0.05, 0.1) is 26.2 Å². The van der Waals surface area contributed by atoms with Crippen LogP contribution in [0.1, 0.15) is 23.5 Å². The van der Waals surface area contributed by atoms with Crippen molar-refractivity contribution < 1.29 is 22.6 Å². The van der Waals surface area contributed by atoms with Gasteiger partial charge in [-0.15, -0.1) is 0 Å². The Labute approximate surface area is 154 Å². The smallest absolute Gasteiger partial charge is 0.240 e. The Morgan fingerprint density at radius 2 is 1.65 bits per heavy atom. The number of rotatable bonds is 7. The average molecular weight is 377 g/mol. The molecule has 0 radical (unpaired) electrons. The second-order valence-corrected chi connectivity index (χ2v) is 7.94. The van der Waals surface area contributed by atoms with Gasteiger partial charge in [0.2, 0.25) is 10.0 Å². The van der Waals surface area contributed by atoms with Gasteiger partial charge in [0.1, 0.15) is 5.75 Å². The molecule has 0 saturated carbocycles. The highest BCUT2D eigenvalue weighted by atomic mass is 32.2. The zero-order chi connectivity index (χ0) is 18.7. The molecule has 1 atom stereocenters. The summed E-state index contributed by atoms with van der Waals surface area (Å²) < 4.78 is 43.6. The highest BCUT2D eigenvalue weighted by Gasteiger charge is 2.26. The maximum atomic E-state index is 12.5. The first kappa shape index (κ1) is 18.5. The van der Waals surface area contributed by atoms with E-state index in [-0.39, 0.29) is 10.8 Å². The fourth-order valence-electron chi connectivity index (χ4n) is 3.28. The van der Waals surface area contributed by atoms with Crippen molar-refractivity contribution in [3.63, 3.8) is 0 Å². The summed E-state index contributed by atoms with van der Waals surface area (Å²) in [6.45, 7) is 0.344. The first-order chi connectivity index (χ1) is 12.5. The van der Waals surface area contributed by atoms with E-state index in [9.17, 15) is 8.42 Å². The molecule has 26 heavy (non-hydrogen) atoms. The van der Waals surface area contributed by atoms with Gasteiger partial charge in [0.25, 0.3) is 0 Å². The van der Waals surface area contributed by atoms with Gasteiger partial charge in [-0.05, 0) is 66.3 Å². The number of aryl methyl sites for hydroxylation is 1. The van der Waals surface area contributed by atoms with E-state index in [1.165, 1.54) is 17.7 Å². The molecular formula is C19H23NO5S. The van der Waals surface area contributed by atoms with Crippen LogP contribution in [0.25, 0.3) is 0 Å². The number of benzene rings is 2. The molecule has 0 saturated heterocycles. The Kier molecular flexibility index (Phi) is 5.38. The predicted molar refractivity (Wildman–Crippen MR) is 98.8 cm³/mol. The lowest BCUT2D eigenvalue weighted by Gasteiger charge is -2.15. The van der Waals surface area contributed by atoms with Crippen molar-refractivity contribution in [2.45, 2.75) is 23.7 Å². The molecule has 0 aliphatic heterocycles. The lowest BCUT2D eigenvalue weighted by Crippen LogP contribution is -2.28. The van der Waals surface area contributed by atoms with Crippen LogP contribution in [0.2, 0.25) is 0 Å². The summed E-state index contributed by atoms with van der Waals surface area (Å²) in [5.41, 5.74) is 2.29. The minimum absolute atomic E-state index is 0.109. The minimum Gasteiger partial charge on any atom is -0.497 e. The summed E-state index contributed by atoms with van der Waals surface area (Å²) in [6, 6.07) is 10.3. The molecule has 2 aromatic rings. The van der Waals surface area contributed by atoms with Crippen LogP contribution in [-0.4, -0.2) is 36.3 Å². The van der Waals surface area contributed by atoms with Crippen LogP contribution in [0.15, 0.2) is 41.3 Å². The molecule has 0 bridgehead atoms. The normalized spacial score (nSPS) is 16.2. The molecule has 0 fully saturated rings. The van der Waals surface area contributed by atoms with E-state index in [1.54, 1.807) is 33.5 Å². The number of hydrogen-bond acceptors (Lipinski definition) is 5. The maximum Gasteiger partial charge on any atom is 0.240 e. The summed E-state index contributed by atoms with van der Waals surface area (Å²) in [7, 11) is 1.19. The third-order valence-electron chi connectivity index (χ3n) is 4.74. The fourth-order valence-corrected chi connectivity index (χ4v) is 4.36. The fraction of sp³-hybridized carbons (Fsp3) is 0.368. The van der Waals surface area contributed by atoms with Crippen LogP contribution >= 0.6 is 0 Å². The van der Waals surface area contributed by atoms with Gasteiger partial charge >= 0.3 is 0 Å². The molecule has 1 N–H and O–H groups in total. The first-order valence-corrected chi connectivity index (χ1v) is 9.85. The number of ether oxygens (including phenoxy) is 3. The van der Waals surface area contributed by atoms with Crippen LogP contribution < -0.4 is 18.9 Å². The number of sulfonamides is 1. The van der Waals surface area contributed by atoms with E-state index >= 15 is 0 Å². The van der Waals surface area contributed by atoms with Gasteiger partial charge in [0.15, 0.2) is 11.5 Å². The largest absolute Gasteiger partial charge is 0.497 e. The molecular weight excluding hydrogens is 354 g/mol. The molecule has 1 unspecified atom stereocenters. The summed E-state index contributed by atoms with van der Waals surface area (Å²) in [5, 5.41) is 0. The zero-order valence-corrected chi connectivity index (χ0v) is 15.9. The maximum absolute atomic E-state index is 12.5. The molecule has 0 heterocycles. The van der Waals surface area contributed by atoms with Gasteiger partial charge in [-0.2, -0.15) is 0 Å².